The molecule has 0 spiro atoms. The second kappa shape index (κ2) is 13.5. The number of benzene rings is 4. The Kier molecular flexibility index (Phi) is 9.56. The highest BCUT2D eigenvalue weighted by molar-refractivity contribution is 6.31. The number of rotatable bonds is 8. The molecule has 2 N–H and O–H groups in total. The summed E-state index contributed by atoms with van der Waals surface area (Å²) in [4.78, 5) is 30.6. The van der Waals surface area contributed by atoms with Crippen LogP contribution in [0, 0.1) is 0 Å². The maximum absolute atomic E-state index is 13.3. The number of anilines is 2. The first-order valence-electron chi connectivity index (χ1n) is 14.3. The fourth-order valence-electron chi connectivity index (χ4n) is 5.42. The second-order valence-corrected chi connectivity index (χ2v) is 10.9. The number of hydrogen-bond acceptors (Lipinski definition) is 4. The molecule has 6 nitrogen and oxygen atoms in total. The predicted molar refractivity (Wildman–Crippen MR) is 168 cm³/mol. The third-order valence-electron chi connectivity index (χ3n) is 7.63. The molecule has 0 radical (unpaired) electrons. The van der Waals surface area contributed by atoms with Crippen LogP contribution in [0.5, 0.6) is 0 Å². The molecule has 1 saturated heterocycles. The number of halogens is 4. The van der Waals surface area contributed by atoms with Crippen molar-refractivity contribution in [1.29, 1.82) is 0 Å². The van der Waals surface area contributed by atoms with Gasteiger partial charge in [-0.15, -0.1) is 0 Å². The van der Waals surface area contributed by atoms with Gasteiger partial charge in [0.15, 0.2) is 0 Å². The predicted octanol–water partition coefficient (Wildman–Crippen LogP) is 7.28. The lowest BCUT2D eigenvalue weighted by atomic mass is 9.98. The third-order valence-corrected chi connectivity index (χ3v) is 7.87. The molecule has 1 fully saturated rings. The van der Waals surface area contributed by atoms with Gasteiger partial charge in [0.1, 0.15) is 6.04 Å². The van der Waals surface area contributed by atoms with E-state index in [-0.39, 0.29) is 17.5 Å². The van der Waals surface area contributed by atoms with Gasteiger partial charge in [-0.3, -0.25) is 14.5 Å². The molecule has 10 heteroatoms. The molecule has 0 saturated carbocycles. The Hall–Kier alpha value is -4.34. The van der Waals surface area contributed by atoms with Gasteiger partial charge in [0.25, 0.3) is 5.91 Å². The highest BCUT2D eigenvalue weighted by Gasteiger charge is 2.31. The summed E-state index contributed by atoms with van der Waals surface area (Å²) in [6.07, 6.45) is -4.46. The van der Waals surface area contributed by atoms with Crippen LogP contribution in [0.1, 0.15) is 34.5 Å². The Morgan fingerprint density at radius 2 is 1.52 bits per heavy atom. The van der Waals surface area contributed by atoms with Crippen molar-refractivity contribution in [1.82, 2.24) is 10.2 Å². The van der Waals surface area contributed by atoms with Gasteiger partial charge in [-0.05, 0) is 78.2 Å². The van der Waals surface area contributed by atoms with Gasteiger partial charge in [-0.1, -0.05) is 54.1 Å². The Morgan fingerprint density at radius 3 is 2.14 bits per heavy atom. The normalized spacial score (nSPS) is 14.6. The lowest BCUT2D eigenvalue weighted by Crippen LogP contribution is -2.51. The van der Waals surface area contributed by atoms with Crippen LogP contribution in [-0.2, 0) is 11.0 Å². The number of likely N-dealkylation sites (N-methyl/N-ethyl adjacent to an activating group) is 1. The van der Waals surface area contributed by atoms with Crippen LogP contribution in [0.4, 0.5) is 24.5 Å². The van der Waals surface area contributed by atoms with Crippen LogP contribution >= 0.6 is 11.6 Å². The average Bonchev–Trinajstić information content (AvgIpc) is 3.02. The number of piperazine rings is 1. The largest absolute Gasteiger partial charge is 0.416 e. The van der Waals surface area contributed by atoms with Crippen molar-refractivity contribution < 1.29 is 22.8 Å². The monoisotopic (exact) mass is 620 g/mol. The summed E-state index contributed by atoms with van der Waals surface area (Å²) in [5, 5.41) is 6.21. The molecule has 2 amide bonds. The van der Waals surface area contributed by atoms with E-state index in [9.17, 15) is 22.8 Å². The van der Waals surface area contributed by atoms with Gasteiger partial charge in [-0.2, -0.15) is 13.2 Å². The van der Waals surface area contributed by atoms with Crippen LogP contribution in [0.15, 0.2) is 97.1 Å². The van der Waals surface area contributed by atoms with Gasteiger partial charge < -0.3 is 15.5 Å². The molecule has 1 aliphatic heterocycles. The highest BCUT2D eigenvalue weighted by atomic mass is 35.5. The molecule has 5 rings (SSSR count). The van der Waals surface area contributed by atoms with Crippen molar-refractivity contribution in [2.45, 2.75) is 19.1 Å². The molecule has 1 unspecified atom stereocenters. The number of amides is 2. The Balaban J connectivity index is 1.25. The van der Waals surface area contributed by atoms with E-state index in [1.165, 1.54) is 12.1 Å². The lowest BCUT2D eigenvalue weighted by Gasteiger charge is -2.39. The first kappa shape index (κ1) is 31.1. The van der Waals surface area contributed by atoms with E-state index in [0.717, 1.165) is 36.5 Å². The summed E-state index contributed by atoms with van der Waals surface area (Å²) in [6, 6.07) is 26.3. The van der Waals surface area contributed by atoms with Crippen molar-refractivity contribution in [2.75, 3.05) is 42.9 Å². The second-order valence-electron chi connectivity index (χ2n) is 10.5. The van der Waals surface area contributed by atoms with Crippen molar-refractivity contribution >= 4 is 34.8 Å². The SMILES string of the molecule is CCNC(=O)C(c1ccccc1)N1CCN(c2ccc(NC(=O)c3ccc(Cl)cc3-c3ccc(C(F)(F)F)cc3)cc2)CC1. The summed E-state index contributed by atoms with van der Waals surface area (Å²) in [5.74, 6) is -0.412. The average molecular weight is 621 g/mol. The summed E-state index contributed by atoms with van der Waals surface area (Å²) in [7, 11) is 0. The summed E-state index contributed by atoms with van der Waals surface area (Å²) in [5.41, 5.74) is 2.93. The van der Waals surface area contributed by atoms with Crippen LogP contribution in [0.25, 0.3) is 11.1 Å². The first-order valence-corrected chi connectivity index (χ1v) is 14.7. The molecule has 4 aromatic carbocycles. The van der Waals surface area contributed by atoms with Gasteiger partial charge in [0, 0.05) is 54.7 Å². The van der Waals surface area contributed by atoms with E-state index >= 15 is 0 Å². The Morgan fingerprint density at radius 1 is 0.864 bits per heavy atom. The van der Waals surface area contributed by atoms with Gasteiger partial charge in [-0.25, -0.2) is 0 Å². The third kappa shape index (κ3) is 7.23. The number of nitrogens with zero attached hydrogens (tertiary/aromatic N) is 2. The zero-order valence-corrected chi connectivity index (χ0v) is 24.8. The minimum Gasteiger partial charge on any atom is -0.369 e. The maximum atomic E-state index is 13.3. The minimum absolute atomic E-state index is 0.00517. The maximum Gasteiger partial charge on any atom is 0.416 e. The van der Waals surface area contributed by atoms with Gasteiger partial charge in [0.2, 0.25) is 5.91 Å². The number of carbonyl (C=O) groups excluding carboxylic acids is 2. The van der Waals surface area contributed by atoms with E-state index in [4.69, 9.17) is 11.6 Å². The van der Waals surface area contributed by atoms with Gasteiger partial charge in [0.05, 0.1) is 5.56 Å². The van der Waals surface area contributed by atoms with E-state index in [0.29, 0.717) is 41.5 Å². The molecule has 4 aromatic rings. The van der Waals surface area contributed by atoms with Crippen molar-refractivity contribution in [3.05, 3.63) is 119 Å². The number of nitrogens with one attached hydrogen (secondary N) is 2. The smallest absolute Gasteiger partial charge is 0.369 e. The number of carbonyl (C=O) groups is 2. The summed E-state index contributed by atoms with van der Waals surface area (Å²) < 4.78 is 39.1. The Labute approximate surface area is 259 Å². The molecule has 0 aliphatic carbocycles. The molecule has 228 valence electrons. The molecular formula is C34H32ClF3N4O2. The van der Waals surface area contributed by atoms with Crippen LogP contribution in [-0.4, -0.2) is 49.4 Å². The molecular weight excluding hydrogens is 589 g/mol. The van der Waals surface area contributed by atoms with Crippen molar-refractivity contribution in [3.8, 4) is 11.1 Å². The van der Waals surface area contributed by atoms with E-state index in [1.54, 1.807) is 18.2 Å². The molecule has 1 atom stereocenters. The number of alkyl halides is 3. The quantitative estimate of drug-likeness (QED) is 0.217. The summed E-state index contributed by atoms with van der Waals surface area (Å²) >= 11 is 6.17. The van der Waals surface area contributed by atoms with E-state index < -0.39 is 17.6 Å². The molecule has 0 bridgehead atoms. The zero-order valence-electron chi connectivity index (χ0n) is 24.1. The van der Waals surface area contributed by atoms with Crippen LogP contribution < -0.4 is 15.5 Å². The van der Waals surface area contributed by atoms with Crippen LogP contribution in [0.3, 0.4) is 0 Å². The molecule has 44 heavy (non-hydrogen) atoms. The molecule has 1 heterocycles. The first-order chi connectivity index (χ1) is 21.1. The Bertz CT molecular complexity index is 1590. The van der Waals surface area contributed by atoms with Crippen molar-refractivity contribution in [3.63, 3.8) is 0 Å². The standard InChI is InChI=1S/C34H32ClF3N4O2/c1-2-39-33(44)31(24-6-4-3-5-7-24)42-20-18-41(19-21-42)28-15-13-27(14-16-28)40-32(43)29-17-12-26(35)22-30(29)23-8-10-25(11-9-23)34(36,37)38/h3-17,22,31H,2,18-21H2,1H3,(H,39,44)(H,40,43). The number of hydrogen-bond donors (Lipinski definition) is 2. The van der Waals surface area contributed by atoms with Crippen LogP contribution in [0.2, 0.25) is 5.02 Å². The molecule has 0 aromatic heterocycles. The highest BCUT2D eigenvalue weighted by Crippen LogP contribution is 2.33. The zero-order chi connectivity index (χ0) is 31.3. The fraction of sp³-hybridized carbons (Fsp3) is 0.235. The van der Waals surface area contributed by atoms with E-state index in [2.05, 4.69) is 20.4 Å². The minimum atomic E-state index is -4.46. The van der Waals surface area contributed by atoms with Gasteiger partial charge >= 0.3 is 6.18 Å². The lowest BCUT2D eigenvalue weighted by molar-refractivity contribution is -0.137. The summed E-state index contributed by atoms with van der Waals surface area (Å²) in [6.45, 7) is 5.36. The van der Waals surface area contributed by atoms with E-state index in [1.807, 2.05) is 61.5 Å². The molecule has 1 aliphatic rings. The van der Waals surface area contributed by atoms with Crippen molar-refractivity contribution in [2.24, 2.45) is 0 Å². The fourth-order valence-corrected chi connectivity index (χ4v) is 5.59. The topological polar surface area (TPSA) is 64.7 Å².